The van der Waals surface area contributed by atoms with Crippen LogP contribution in [0.25, 0.3) is 15.3 Å². The number of aromatic hydroxyl groups is 1. The lowest BCUT2D eigenvalue weighted by molar-refractivity contribution is 0.472. The molecule has 0 unspecified atom stereocenters. The van der Waals surface area contributed by atoms with Crippen LogP contribution in [0.15, 0.2) is 85.2 Å². The van der Waals surface area contributed by atoms with Crippen molar-refractivity contribution in [1.29, 1.82) is 0 Å². The van der Waals surface area contributed by atoms with E-state index >= 15 is 0 Å². The highest BCUT2D eigenvalue weighted by Gasteiger charge is 2.43. The van der Waals surface area contributed by atoms with Gasteiger partial charge < -0.3 is 15.3 Å². The van der Waals surface area contributed by atoms with Crippen molar-refractivity contribution in [2.24, 2.45) is 0 Å². The second kappa shape index (κ2) is 8.39. The van der Waals surface area contributed by atoms with Gasteiger partial charge in [0, 0.05) is 17.4 Å². The van der Waals surface area contributed by atoms with Crippen molar-refractivity contribution in [3.63, 3.8) is 0 Å². The average Bonchev–Trinajstić information content (AvgIpc) is 3.57. The van der Waals surface area contributed by atoms with Crippen molar-refractivity contribution in [2.45, 2.75) is 12.1 Å². The number of anilines is 1. The van der Waals surface area contributed by atoms with Gasteiger partial charge in [-0.05, 0) is 66.8 Å². The fourth-order valence-corrected chi connectivity index (χ4v) is 5.85. The molecule has 34 heavy (non-hydrogen) atoms. The summed E-state index contributed by atoms with van der Waals surface area (Å²) in [6.45, 7) is 0. The van der Waals surface area contributed by atoms with E-state index in [0.29, 0.717) is 15.8 Å². The summed E-state index contributed by atoms with van der Waals surface area (Å²) < 4.78 is 3.19. The van der Waals surface area contributed by atoms with Gasteiger partial charge in [0.05, 0.1) is 33.3 Å². The van der Waals surface area contributed by atoms with Crippen LogP contribution < -0.4 is 10.2 Å². The molecule has 2 atom stereocenters. The first-order valence-electron chi connectivity index (χ1n) is 10.6. The Morgan fingerprint density at radius 1 is 1.03 bits per heavy atom. The zero-order valence-electron chi connectivity index (χ0n) is 17.7. The number of rotatable bonds is 4. The van der Waals surface area contributed by atoms with Gasteiger partial charge in [0.25, 0.3) is 0 Å². The van der Waals surface area contributed by atoms with E-state index in [-0.39, 0.29) is 17.8 Å². The molecule has 4 heterocycles. The van der Waals surface area contributed by atoms with Crippen molar-refractivity contribution < 1.29 is 5.11 Å². The first-order chi connectivity index (χ1) is 16.6. The molecule has 3 aromatic heterocycles. The second-order valence-corrected chi connectivity index (χ2v) is 9.73. The molecule has 0 radical (unpaired) electrons. The van der Waals surface area contributed by atoms with Crippen molar-refractivity contribution in [2.75, 3.05) is 4.90 Å². The topological polar surface area (TPSA) is 66.2 Å². The molecule has 6 nitrogen and oxygen atoms in total. The molecule has 0 aliphatic carbocycles. The zero-order chi connectivity index (χ0) is 23.2. The Labute approximate surface area is 210 Å². The molecule has 0 spiro atoms. The number of thiocarbonyl (C=S) groups is 1. The number of benzene rings is 2. The lowest BCUT2D eigenvalue weighted by Crippen LogP contribution is -2.30. The van der Waals surface area contributed by atoms with E-state index in [1.165, 1.54) is 0 Å². The van der Waals surface area contributed by atoms with Gasteiger partial charge in [0.2, 0.25) is 0 Å². The normalized spacial score (nSPS) is 17.9. The predicted molar refractivity (Wildman–Crippen MR) is 140 cm³/mol. The van der Waals surface area contributed by atoms with Crippen LogP contribution in [0.1, 0.15) is 23.5 Å². The second-order valence-electron chi connectivity index (χ2n) is 7.90. The van der Waals surface area contributed by atoms with Gasteiger partial charge in [0.1, 0.15) is 11.8 Å². The fraction of sp³-hybridized carbons (Fsp3) is 0.0800. The lowest BCUT2D eigenvalue weighted by atomic mass is 10.0. The number of fused-ring (bicyclic) bond motifs is 1. The first kappa shape index (κ1) is 21.1. The third-order valence-electron chi connectivity index (χ3n) is 5.87. The average molecular weight is 504 g/mol. The molecule has 168 valence electrons. The maximum absolute atomic E-state index is 10.7. The van der Waals surface area contributed by atoms with E-state index in [9.17, 15) is 5.11 Å². The van der Waals surface area contributed by atoms with Crippen LogP contribution in [-0.2, 0) is 0 Å². The summed E-state index contributed by atoms with van der Waals surface area (Å²) in [5.74, 6) is 0.0957. The number of para-hydroxylation sites is 1. The highest BCUT2D eigenvalue weighted by atomic mass is 35.5. The molecule has 0 bridgehead atoms. The number of hydrogen-bond donors (Lipinski definition) is 2. The molecule has 6 rings (SSSR count). The number of halogens is 1. The quantitative estimate of drug-likeness (QED) is 0.292. The predicted octanol–water partition coefficient (Wildman–Crippen LogP) is 6.02. The summed E-state index contributed by atoms with van der Waals surface area (Å²) in [7, 11) is 0. The molecular weight excluding hydrogens is 486 g/mol. The van der Waals surface area contributed by atoms with Gasteiger partial charge in [0.15, 0.2) is 10.2 Å². The highest BCUT2D eigenvalue weighted by molar-refractivity contribution is 7.80. The lowest BCUT2D eigenvalue weighted by Gasteiger charge is -2.29. The molecule has 5 aromatic rings. The Morgan fingerprint density at radius 3 is 2.71 bits per heavy atom. The third kappa shape index (κ3) is 3.51. The number of thiazole rings is 1. The van der Waals surface area contributed by atoms with Gasteiger partial charge >= 0.3 is 0 Å². The number of phenols is 1. The van der Waals surface area contributed by atoms with E-state index in [1.807, 2.05) is 53.6 Å². The third-order valence-corrected chi connectivity index (χ3v) is 7.45. The van der Waals surface area contributed by atoms with Crippen molar-refractivity contribution >= 4 is 56.2 Å². The van der Waals surface area contributed by atoms with E-state index in [1.54, 1.807) is 35.7 Å². The van der Waals surface area contributed by atoms with Gasteiger partial charge in [-0.2, -0.15) is 0 Å². The van der Waals surface area contributed by atoms with Crippen LogP contribution in [0.4, 0.5) is 5.69 Å². The number of aromatic nitrogens is 3. The number of nitrogens with zero attached hydrogens (tertiary/aromatic N) is 4. The van der Waals surface area contributed by atoms with Crippen LogP contribution in [0.2, 0.25) is 5.02 Å². The summed E-state index contributed by atoms with van der Waals surface area (Å²) in [6.07, 6.45) is 3.77. The molecule has 9 heteroatoms. The molecule has 1 aliphatic heterocycles. The number of pyridine rings is 1. The summed E-state index contributed by atoms with van der Waals surface area (Å²) in [6, 6.07) is 22.3. The van der Waals surface area contributed by atoms with Crippen molar-refractivity contribution in [1.82, 2.24) is 19.9 Å². The van der Waals surface area contributed by atoms with Crippen LogP contribution in [0.5, 0.6) is 5.75 Å². The van der Waals surface area contributed by atoms with Crippen LogP contribution >= 0.6 is 35.2 Å². The summed E-state index contributed by atoms with van der Waals surface area (Å²) in [5, 5.41) is 16.0. The van der Waals surface area contributed by atoms with E-state index in [2.05, 4.69) is 27.0 Å². The standard InChI is InChI=1S/C25H18ClN5OS2/c26-15-10-11-20(32)19(14-15)31-23(22(29-24(31)33)17-7-3-4-12-27-17)18-8-5-13-30(18)25-28-16-6-1-2-9-21(16)34-25/h1-14,22-23,32H,(H,29,33)/t22-,23+/m0/s1. The zero-order valence-corrected chi connectivity index (χ0v) is 20.1. The van der Waals surface area contributed by atoms with Crippen LogP contribution in [-0.4, -0.2) is 24.8 Å². The van der Waals surface area contributed by atoms with Crippen LogP contribution in [0.3, 0.4) is 0 Å². The molecular formula is C25H18ClN5OS2. The largest absolute Gasteiger partial charge is 0.506 e. The van der Waals surface area contributed by atoms with Crippen molar-refractivity contribution in [3.05, 3.63) is 102 Å². The van der Waals surface area contributed by atoms with Crippen molar-refractivity contribution in [3.8, 4) is 10.9 Å². The summed E-state index contributed by atoms with van der Waals surface area (Å²) >= 11 is 13.7. The molecule has 1 fully saturated rings. The Hall–Kier alpha value is -3.46. The number of phenolic OH excluding ortho intramolecular Hbond substituents is 1. The SMILES string of the molecule is Oc1ccc(Cl)cc1N1C(=S)N[C@@H](c2ccccn2)[C@H]1c1cccn1-c1nc2ccccc2s1. The van der Waals surface area contributed by atoms with E-state index < -0.39 is 0 Å². The minimum Gasteiger partial charge on any atom is -0.506 e. The summed E-state index contributed by atoms with van der Waals surface area (Å²) in [4.78, 5) is 11.4. The maximum Gasteiger partial charge on any atom is 0.194 e. The molecule has 1 saturated heterocycles. The number of hydrogen-bond acceptors (Lipinski definition) is 5. The van der Waals surface area contributed by atoms with Gasteiger partial charge in [-0.15, -0.1) is 0 Å². The van der Waals surface area contributed by atoms with E-state index in [0.717, 1.165) is 26.7 Å². The minimum absolute atomic E-state index is 0.0957. The fourth-order valence-electron chi connectivity index (χ4n) is 4.38. The Bertz CT molecular complexity index is 1480. The smallest absolute Gasteiger partial charge is 0.194 e. The molecule has 2 N–H and O–H groups in total. The monoisotopic (exact) mass is 503 g/mol. The van der Waals surface area contributed by atoms with Gasteiger partial charge in [-0.1, -0.05) is 41.1 Å². The first-order valence-corrected chi connectivity index (χ1v) is 12.2. The van der Waals surface area contributed by atoms with Gasteiger partial charge in [-0.25, -0.2) is 4.98 Å². The number of nitrogens with one attached hydrogen (secondary N) is 1. The highest BCUT2D eigenvalue weighted by Crippen LogP contribution is 2.45. The Morgan fingerprint density at radius 2 is 1.88 bits per heavy atom. The molecule has 1 aliphatic rings. The Kier molecular flexibility index (Phi) is 5.21. The van der Waals surface area contributed by atoms with E-state index in [4.69, 9.17) is 28.8 Å². The maximum atomic E-state index is 10.7. The molecule has 2 aromatic carbocycles. The summed E-state index contributed by atoms with van der Waals surface area (Å²) in [5.41, 5.74) is 3.29. The Balaban J connectivity index is 1.54. The molecule has 0 amide bonds. The minimum atomic E-state index is -0.311. The van der Waals surface area contributed by atoms with Crippen LogP contribution in [0, 0.1) is 0 Å². The molecule has 0 saturated carbocycles. The van der Waals surface area contributed by atoms with Gasteiger partial charge in [-0.3, -0.25) is 9.55 Å².